The minimum absolute atomic E-state index is 0.0534. The molecule has 10 heteroatoms. The fourth-order valence-electron chi connectivity index (χ4n) is 4.49. The van der Waals surface area contributed by atoms with Crippen molar-refractivity contribution in [3.8, 4) is 17.5 Å². The average molecular weight is 483 g/mol. The standard InChI is InChI=1S/C25H21F4N5O/c1-16(18-5-4-17(13-20(18)26)25(27,28)29)24(14-30)7-11-34(12-8-24)23(35)19-3-2-9-32-22(19)21-6-10-31-15-33-21/h2-6,9-10,13,15-16H,7-8,11-12H2,1H3/t16-/m1/s1. The minimum Gasteiger partial charge on any atom is -0.338 e. The van der Waals surface area contributed by atoms with E-state index in [2.05, 4.69) is 21.0 Å². The van der Waals surface area contributed by atoms with E-state index < -0.39 is 28.9 Å². The first-order valence-corrected chi connectivity index (χ1v) is 10.9. The third-order valence-corrected chi connectivity index (χ3v) is 6.65. The average Bonchev–Trinajstić information content (AvgIpc) is 2.88. The first kappa shape index (κ1) is 24.3. The van der Waals surface area contributed by atoms with Crippen LogP contribution in [0.15, 0.2) is 55.1 Å². The van der Waals surface area contributed by atoms with Gasteiger partial charge in [-0.3, -0.25) is 9.78 Å². The first-order chi connectivity index (χ1) is 16.7. The smallest absolute Gasteiger partial charge is 0.338 e. The molecule has 6 nitrogen and oxygen atoms in total. The number of likely N-dealkylation sites (tertiary alicyclic amines) is 1. The number of rotatable bonds is 4. The van der Waals surface area contributed by atoms with Crippen molar-refractivity contribution in [1.29, 1.82) is 5.26 Å². The van der Waals surface area contributed by atoms with Crippen molar-refractivity contribution in [3.05, 3.63) is 77.6 Å². The van der Waals surface area contributed by atoms with Gasteiger partial charge >= 0.3 is 6.18 Å². The highest BCUT2D eigenvalue weighted by atomic mass is 19.4. The molecule has 1 fully saturated rings. The van der Waals surface area contributed by atoms with E-state index in [1.54, 1.807) is 42.4 Å². The van der Waals surface area contributed by atoms with E-state index >= 15 is 0 Å². The molecule has 0 spiro atoms. The second kappa shape index (κ2) is 9.41. The maximum atomic E-state index is 14.6. The van der Waals surface area contributed by atoms with Crippen LogP contribution in [0.3, 0.4) is 0 Å². The number of hydrogen-bond acceptors (Lipinski definition) is 5. The zero-order valence-corrected chi connectivity index (χ0v) is 18.8. The predicted molar refractivity (Wildman–Crippen MR) is 118 cm³/mol. The van der Waals surface area contributed by atoms with Gasteiger partial charge in [0.05, 0.1) is 28.3 Å². The molecule has 1 aromatic carbocycles. The first-order valence-electron chi connectivity index (χ1n) is 10.9. The Bertz CT molecular complexity index is 1260. The molecule has 3 aromatic rings. The van der Waals surface area contributed by atoms with Crippen molar-refractivity contribution in [3.63, 3.8) is 0 Å². The molecular weight excluding hydrogens is 462 g/mol. The summed E-state index contributed by atoms with van der Waals surface area (Å²) in [6.45, 7) is 2.11. The van der Waals surface area contributed by atoms with Crippen LogP contribution in [-0.4, -0.2) is 38.8 Å². The van der Waals surface area contributed by atoms with E-state index in [4.69, 9.17) is 0 Å². The lowest BCUT2D eigenvalue weighted by molar-refractivity contribution is -0.137. The third-order valence-electron chi connectivity index (χ3n) is 6.65. The van der Waals surface area contributed by atoms with Gasteiger partial charge in [-0.05, 0) is 48.7 Å². The number of benzene rings is 1. The van der Waals surface area contributed by atoms with E-state index in [9.17, 15) is 27.6 Å². The Balaban J connectivity index is 1.54. The number of hydrogen-bond donors (Lipinski definition) is 0. The van der Waals surface area contributed by atoms with E-state index in [1.165, 1.54) is 6.33 Å². The Morgan fingerprint density at radius 3 is 2.49 bits per heavy atom. The summed E-state index contributed by atoms with van der Waals surface area (Å²) in [5, 5.41) is 10.0. The van der Waals surface area contributed by atoms with Crippen LogP contribution in [0.4, 0.5) is 17.6 Å². The number of aromatic nitrogens is 3. The van der Waals surface area contributed by atoms with E-state index in [0.717, 1.165) is 12.1 Å². The van der Waals surface area contributed by atoms with Gasteiger partial charge in [0.2, 0.25) is 0 Å². The summed E-state index contributed by atoms with van der Waals surface area (Å²) in [6.07, 6.45) is 0.320. The second-order valence-electron chi connectivity index (χ2n) is 8.51. The molecule has 0 radical (unpaired) electrons. The highest BCUT2D eigenvalue weighted by Crippen LogP contribution is 2.45. The van der Waals surface area contributed by atoms with Crippen molar-refractivity contribution in [1.82, 2.24) is 19.9 Å². The lowest BCUT2D eigenvalue weighted by Gasteiger charge is -2.41. The number of pyridine rings is 1. The molecule has 0 saturated carbocycles. The van der Waals surface area contributed by atoms with Gasteiger partial charge in [0.25, 0.3) is 5.91 Å². The number of amides is 1. The Morgan fingerprint density at radius 1 is 1.14 bits per heavy atom. The maximum Gasteiger partial charge on any atom is 0.416 e. The van der Waals surface area contributed by atoms with Crippen LogP contribution in [0, 0.1) is 22.6 Å². The molecule has 1 amide bonds. The molecule has 1 aliphatic rings. The molecular formula is C25H21F4N5O. The van der Waals surface area contributed by atoms with Crippen LogP contribution >= 0.6 is 0 Å². The SMILES string of the molecule is C[C@H](c1ccc(C(F)(F)F)cc1F)C1(C#N)CCN(C(=O)c2cccnc2-c2ccncn2)CC1. The van der Waals surface area contributed by atoms with Gasteiger partial charge in [0.1, 0.15) is 17.8 Å². The molecule has 2 aromatic heterocycles. The summed E-state index contributed by atoms with van der Waals surface area (Å²) in [5.41, 5.74) is -0.777. The molecule has 4 rings (SSSR count). The Hall–Kier alpha value is -3.87. The van der Waals surface area contributed by atoms with Gasteiger partial charge in [-0.2, -0.15) is 18.4 Å². The van der Waals surface area contributed by atoms with Crippen molar-refractivity contribution in [2.24, 2.45) is 5.41 Å². The van der Waals surface area contributed by atoms with Crippen molar-refractivity contribution < 1.29 is 22.4 Å². The molecule has 1 saturated heterocycles. The molecule has 0 bridgehead atoms. The summed E-state index contributed by atoms with van der Waals surface area (Å²) in [7, 11) is 0. The second-order valence-corrected chi connectivity index (χ2v) is 8.51. The normalized spacial score (nSPS) is 16.4. The molecule has 0 unspecified atom stereocenters. The summed E-state index contributed by atoms with van der Waals surface area (Å²) < 4.78 is 53.4. The number of halogens is 4. The van der Waals surface area contributed by atoms with Crippen molar-refractivity contribution in [2.45, 2.75) is 31.9 Å². The fraction of sp³-hybridized carbons (Fsp3) is 0.320. The highest BCUT2D eigenvalue weighted by Gasteiger charge is 2.43. The van der Waals surface area contributed by atoms with Crippen molar-refractivity contribution >= 4 is 5.91 Å². The third kappa shape index (κ3) is 4.71. The molecule has 1 atom stereocenters. The predicted octanol–water partition coefficient (Wildman–Crippen LogP) is 5.25. The quantitative estimate of drug-likeness (QED) is 0.474. The van der Waals surface area contributed by atoms with Crippen LogP contribution in [-0.2, 0) is 6.18 Å². The lowest BCUT2D eigenvalue weighted by atomic mass is 9.67. The molecule has 180 valence electrons. The van der Waals surface area contributed by atoms with Crippen LogP contribution in [0.1, 0.15) is 47.2 Å². The monoisotopic (exact) mass is 483 g/mol. The molecule has 0 N–H and O–H groups in total. The zero-order chi connectivity index (χ0) is 25.2. The van der Waals surface area contributed by atoms with E-state index in [-0.39, 0.29) is 37.4 Å². The van der Waals surface area contributed by atoms with Gasteiger partial charge in [0, 0.05) is 31.4 Å². The number of carbonyl (C=O) groups is 1. The van der Waals surface area contributed by atoms with Gasteiger partial charge < -0.3 is 4.90 Å². The Morgan fingerprint density at radius 2 is 1.89 bits per heavy atom. The fourth-order valence-corrected chi connectivity index (χ4v) is 4.49. The number of nitriles is 1. The van der Waals surface area contributed by atoms with Gasteiger partial charge in [-0.1, -0.05) is 13.0 Å². The van der Waals surface area contributed by atoms with Crippen molar-refractivity contribution in [2.75, 3.05) is 13.1 Å². The zero-order valence-electron chi connectivity index (χ0n) is 18.8. The van der Waals surface area contributed by atoms with Crippen LogP contribution < -0.4 is 0 Å². The van der Waals surface area contributed by atoms with Crippen LogP contribution in [0.5, 0.6) is 0 Å². The lowest BCUT2D eigenvalue weighted by Crippen LogP contribution is -2.44. The van der Waals surface area contributed by atoms with Gasteiger partial charge in [-0.15, -0.1) is 0 Å². The highest BCUT2D eigenvalue weighted by molar-refractivity contribution is 5.99. The molecule has 0 aliphatic carbocycles. The molecule has 35 heavy (non-hydrogen) atoms. The van der Waals surface area contributed by atoms with Crippen LogP contribution in [0.25, 0.3) is 11.4 Å². The Kier molecular flexibility index (Phi) is 6.52. The molecule has 1 aliphatic heterocycles. The minimum atomic E-state index is -4.65. The Labute approximate surface area is 199 Å². The summed E-state index contributed by atoms with van der Waals surface area (Å²) in [6, 6.07) is 9.61. The van der Waals surface area contributed by atoms with E-state index in [1.807, 2.05) is 0 Å². The number of carbonyl (C=O) groups excluding carboxylic acids is 1. The number of nitrogens with zero attached hydrogens (tertiary/aromatic N) is 5. The maximum absolute atomic E-state index is 14.6. The number of piperidine rings is 1. The number of alkyl halides is 3. The topological polar surface area (TPSA) is 82.8 Å². The van der Waals surface area contributed by atoms with Gasteiger partial charge in [0.15, 0.2) is 0 Å². The summed E-state index contributed by atoms with van der Waals surface area (Å²) in [4.78, 5) is 27.3. The summed E-state index contributed by atoms with van der Waals surface area (Å²) in [5.74, 6) is -1.93. The van der Waals surface area contributed by atoms with Gasteiger partial charge in [-0.25, -0.2) is 14.4 Å². The summed E-state index contributed by atoms with van der Waals surface area (Å²) >= 11 is 0. The van der Waals surface area contributed by atoms with E-state index in [0.29, 0.717) is 23.0 Å². The molecule has 3 heterocycles. The largest absolute Gasteiger partial charge is 0.416 e. The van der Waals surface area contributed by atoms with Crippen LogP contribution in [0.2, 0.25) is 0 Å².